The van der Waals surface area contributed by atoms with Crippen LogP contribution in [0.5, 0.6) is 5.75 Å². The first-order valence-electron chi connectivity index (χ1n) is 11.1. The molecule has 5 rings (SSSR count). The molecule has 2 aliphatic rings. The zero-order chi connectivity index (χ0) is 21.3. The van der Waals surface area contributed by atoms with Crippen molar-refractivity contribution < 1.29 is 13.9 Å². The van der Waals surface area contributed by atoms with E-state index in [0.717, 1.165) is 42.8 Å². The van der Waals surface area contributed by atoms with Crippen LogP contribution >= 0.6 is 0 Å². The SMILES string of the molecule is NCc1ccc2c(c1)C1(CCN(C(=O)c3ccc(CCc4ccccc4)o3)CC1)CO2. The van der Waals surface area contributed by atoms with Gasteiger partial charge in [-0.1, -0.05) is 42.5 Å². The molecule has 0 saturated carbocycles. The summed E-state index contributed by atoms with van der Waals surface area (Å²) in [5.41, 5.74) is 9.48. The number of furan rings is 1. The molecule has 2 aromatic carbocycles. The molecule has 0 atom stereocenters. The predicted octanol–water partition coefficient (Wildman–Crippen LogP) is 4.09. The maximum Gasteiger partial charge on any atom is 0.289 e. The van der Waals surface area contributed by atoms with Gasteiger partial charge in [-0.05, 0) is 48.6 Å². The second-order valence-corrected chi connectivity index (χ2v) is 8.65. The first-order chi connectivity index (χ1) is 15.2. The van der Waals surface area contributed by atoms with Crippen molar-refractivity contribution in [3.05, 3.63) is 88.9 Å². The number of aryl methyl sites for hydroxylation is 2. The highest BCUT2D eigenvalue weighted by atomic mass is 16.5. The highest BCUT2D eigenvalue weighted by Crippen LogP contribution is 2.46. The third kappa shape index (κ3) is 3.86. The number of amides is 1. The van der Waals surface area contributed by atoms with E-state index in [0.29, 0.717) is 32.0 Å². The van der Waals surface area contributed by atoms with Crippen molar-refractivity contribution in [2.45, 2.75) is 37.6 Å². The average molecular weight is 417 g/mol. The van der Waals surface area contributed by atoms with Crippen molar-refractivity contribution in [2.75, 3.05) is 19.7 Å². The number of hydrogen-bond donors (Lipinski definition) is 1. The van der Waals surface area contributed by atoms with Gasteiger partial charge in [0.1, 0.15) is 11.5 Å². The van der Waals surface area contributed by atoms with Gasteiger partial charge < -0.3 is 19.8 Å². The number of carbonyl (C=O) groups is 1. The van der Waals surface area contributed by atoms with Crippen molar-refractivity contribution in [2.24, 2.45) is 5.73 Å². The van der Waals surface area contributed by atoms with E-state index in [9.17, 15) is 4.79 Å². The molecule has 3 heterocycles. The van der Waals surface area contributed by atoms with Crippen LogP contribution in [0.4, 0.5) is 0 Å². The zero-order valence-electron chi connectivity index (χ0n) is 17.7. The smallest absolute Gasteiger partial charge is 0.289 e. The van der Waals surface area contributed by atoms with E-state index in [1.807, 2.05) is 47.4 Å². The number of fused-ring (bicyclic) bond motifs is 2. The van der Waals surface area contributed by atoms with Crippen LogP contribution in [0.2, 0.25) is 0 Å². The number of ether oxygens (including phenoxy) is 1. The summed E-state index contributed by atoms with van der Waals surface area (Å²) < 4.78 is 11.9. The van der Waals surface area contributed by atoms with Crippen molar-refractivity contribution in [3.63, 3.8) is 0 Å². The summed E-state index contributed by atoms with van der Waals surface area (Å²) in [4.78, 5) is 14.9. The van der Waals surface area contributed by atoms with E-state index in [2.05, 4.69) is 18.2 Å². The first-order valence-corrected chi connectivity index (χ1v) is 11.1. The van der Waals surface area contributed by atoms with Gasteiger partial charge in [0, 0.05) is 37.0 Å². The van der Waals surface area contributed by atoms with Gasteiger partial charge in [0.05, 0.1) is 6.61 Å². The summed E-state index contributed by atoms with van der Waals surface area (Å²) in [5.74, 6) is 2.24. The fourth-order valence-electron chi connectivity index (χ4n) is 4.78. The number of carbonyl (C=O) groups excluding carboxylic acids is 1. The number of rotatable bonds is 5. The predicted molar refractivity (Wildman–Crippen MR) is 119 cm³/mol. The molecular weight excluding hydrogens is 388 g/mol. The molecule has 1 fully saturated rings. The molecule has 2 N–H and O–H groups in total. The van der Waals surface area contributed by atoms with Crippen LogP contribution < -0.4 is 10.5 Å². The minimum Gasteiger partial charge on any atom is -0.492 e. The molecule has 0 unspecified atom stereocenters. The second-order valence-electron chi connectivity index (χ2n) is 8.65. The molecular formula is C26H28N2O3. The third-order valence-corrected chi connectivity index (χ3v) is 6.74. The van der Waals surface area contributed by atoms with Gasteiger partial charge in [-0.3, -0.25) is 4.79 Å². The van der Waals surface area contributed by atoms with Crippen molar-refractivity contribution in [3.8, 4) is 5.75 Å². The number of benzene rings is 2. The van der Waals surface area contributed by atoms with Gasteiger partial charge in [-0.25, -0.2) is 0 Å². The third-order valence-electron chi connectivity index (χ3n) is 6.74. The standard InChI is InChI=1S/C26H28N2O3/c27-17-20-7-10-23-22(16-20)26(18-30-23)12-14-28(15-13-26)25(29)24-11-9-21(31-24)8-6-19-4-2-1-3-5-19/h1-5,7,9-11,16H,6,8,12-15,17-18,27H2. The van der Waals surface area contributed by atoms with Gasteiger partial charge >= 0.3 is 0 Å². The number of likely N-dealkylation sites (tertiary alicyclic amines) is 1. The van der Waals surface area contributed by atoms with Gasteiger partial charge in [0.2, 0.25) is 0 Å². The summed E-state index contributed by atoms with van der Waals surface area (Å²) in [6, 6.07) is 20.3. The monoisotopic (exact) mass is 416 g/mol. The van der Waals surface area contributed by atoms with Crippen LogP contribution in [0.15, 0.2) is 65.1 Å². The van der Waals surface area contributed by atoms with Gasteiger partial charge in [0.15, 0.2) is 5.76 Å². The van der Waals surface area contributed by atoms with Crippen LogP contribution in [0.25, 0.3) is 0 Å². The lowest BCUT2D eigenvalue weighted by Gasteiger charge is -2.38. The Bertz CT molecular complexity index is 1070. The number of nitrogens with zero attached hydrogens (tertiary/aromatic N) is 1. The Labute approximate surface area is 182 Å². The highest BCUT2D eigenvalue weighted by Gasteiger charge is 2.44. The molecule has 0 radical (unpaired) electrons. The summed E-state index contributed by atoms with van der Waals surface area (Å²) in [5, 5.41) is 0. The molecule has 0 aliphatic carbocycles. The molecule has 160 valence electrons. The molecule has 31 heavy (non-hydrogen) atoms. The Kier molecular flexibility index (Phi) is 5.28. The molecule has 5 heteroatoms. The maximum absolute atomic E-state index is 13.0. The lowest BCUT2D eigenvalue weighted by molar-refractivity contribution is 0.0614. The molecule has 0 bridgehead atoms. The lowest BCUT2D eigenvalue weighted by Crippen LogP contribution is -2.46. The van der Waals surface area contributed by atoms with E-state index in [1.54, 1.807) is 0 Å². The number of nitrogens with two attached hydrogens (primary N) is 1. The van der Waals surface area contributed by atoms with E-state index in [-0.39, 0.29) is 11.3 Å². The summed E-state index contributed by atoms with van der Waals surface area (Å²) >= 11 is 0. The van der Waals surface area contributed by atoms with Crippen LogP contribution in [0.3, 0.4) is 0 Å². The first kappa shape index (κ1) is 19.9. The highest BCUT2D eigenvalue weighted by molar-refractivity contribution is 5.91. The minimum absolute atomic E-state index is 0.0126. The normalized spacial score (nSPS) is 16.9. The van der Waals surface area contributed by atoms with Crippen molar-refractivity contribution in [1.82, 2.24) is 4.90 Å². The van der Waals surface area contributed by atoms with Crippen molar-refractivity contribution >= 4 is 5.91 Å². The Morgan fingerprint density at radius 3 is 2.55 bits per heavy atom. The Hall–Kier alpha value is -3.05. The minimum atomic E-state index is -0.0179. The fraction of sp³-hybridized carbons (Fsp3) is 0.346. The Morgan fingerprint density at radius 2 is 1.77 bits per heavy atom. The largest absolute Gasteiger partial charge is 0.492 e. The maximum atomic E-state index is 13.0. The average Bonchev–Trinajstić information content (AvgIpc) is 3.44. The molecule has 1 spiro atoms. The zero-order valence-corrected chi connectivity index (χ0v) is 17.7. The summed E-state index contributed by atoms with van der Waals surface area (Å²) in [6.45, 7) is 2.62. The summed E-state index contributed by atoms with van der Waals surface area (Å²) in [7, 11) is 0. The molecule has 1 aromatic heterocycles. The second kappa shape index (κ2) is 8.23. The van der Waals surface area contributed by atoms with Crippen molar-refractivity contribution in [1.29, 1.82) is 0 Å². The topological polar surface area (TPSA) is 68.7 Å². The molecule has 5 nitrogen and oxygen atoms in total. The molecule has 1 saturated heterocycles. The van der Waals surface area contributed by atoms with E-state index < -0.39 is 0 Å². The Morgan fingerprint density at radius 1 is 0.968 bits per heavy atom. The van der Waals surface area contributed by atoms with E-state index in [4.69, 9.17) is 14.9 Å². The van der Waals surface area contributed by atoms with Crippen LogP contribution in [0, 0.1) is 0 Å². The van der Waals surface area contributed by atoms with Crippen LogP contribution in [-0.2, 0) is 24.8 Å². The van der Waals surface area contributed by atoms with Gasteiger partial charge in [0.25, 0.3) is 5.91 Å². The van der Waals surface area contributed by atoms with E-state index in [1.165, 1.54) is 11.1 Å². The number of piperidine rings is 1. The molecule has 3 aromatic rings. The summed E-state index contributed by atoms with van der Waals surface area (Å²) in [6.07, 6.45) is 3.47. The molecule has 1 amide bonds. The van der Waals surface area contributed by atoms with Gasteiger partial charge in [-0.15, -0.1) is 0 Å². The lowest BCUT2D eigenvalue weighted by atomic mass is 9.74. The number of hydrogen-bond acceptors (Lipinski definition) is 4. The van der Waals surface area contributed by atoms with Crippen LogP contribution in [0.1, 0.15) is 45.8 Å². The quantitative estimate of drug-likeness (QED) is 0.680. The fourth-order valence-corrected chi connectivity index (χ4v) is 4.78. The van der Waals surface area contributed by atoms with Gasteiger partial charge in [-0.2, -0.15) is 0 Å². The van der Waals surface area contributed by atoms with Crippen LogP contribution in [-0.4, -0.2) is 30.5 Å². The Balaban J connectivity index is 1.22. The van der Waals surface area contributed by atoms with E-state index >= 15 is 0 Å². The molecule has 2 aliphatic heterocycles.